The molecule has 0 aliphatic carbocycles. The molecule has 8 heteroatoms. The van der Waals surface area contributed by atoms with E-state index < -0.39 is 18.3 Å². The first-order valence-corrected chi connectivity index (χ1v) is 8.71. The summed E-state index contributed by atoms with van der Waals surface area (Å²) in [5.41, 5.74) is 0.862. The first kappa shape index (κ1) is 17.5. The number of fused-ring (bicyclic) bond motifs is 1. The highest BCUT2D eigenvalue weighted by atomic mass is 32.1. The van der Waals surface area contributed by atoms with Gasteiger partial charge in [-0.05, 0) is 5.56 Å². The van der Waals surface area contributed by atoms with E-state index in [4.69, 9.17) is 14.2 Å². The van der Waals surface area contributed by atoms with Gasteiger partial charge in [0.05, 0.1) is 4.88 Å². The number of hydrogen-bond acceptors (Lipinski definition) is 7. The van der Waals surface area contributed by atoms with Crippen molar-refractivity contribution >= 4 is 17.4 Å². The number of carbonyl (C=O) groups excluding carboxylic acids is 1. The summed E-state index contributed by atoms with van der Waals surface area (Å²) in [6, 6.07) is 9.26. The van der Waals surface area contributed by atoms with Crippen molar-refractivity contribution in [3.05, 3.63) is 46.2 Å². The molecule has 0 bridgehead atoms. The molecule has 3 N–H and O–H groups in total. The van der Waals surface area contributed by atoms with Crippen LogP contribution in [-0.4, -0.2) is 42.2 Å². The molecule has 1 amide bonds. The van der Waals surface area contributed by atoms with Crippen molar-refractivity contribution in [3.63, 3.8) is 0 Å². The van der Waals surface area contributed by atoms with Gasteiger partial charge in [0.2, 0.25) is 0 Å². The predicted octanol–water partition coefficient (Wildman–Crippen LogP) is 1.84. The Morgan fingerprint density at radius 2 is 2.00 bits per heavy atom. The molecule has 2 atom stereocenters. The SMILES string of the molecule is O=C(NCC(O)C(O)c1scc2c1OCCO2)OCc1ccccc1. The minimum absolute atomic E-state index is 0.134. The molecule has 0 fully saturated rings. The second-order valence-corrected chi connectivity index (χ2v) is 6.36. The van der Waals surface area contributed by atoms with E-state index in [1.165, 1.54) is 11.3 Å². The van der Waals surface area contributed by atoms with Crippen LogP contribution in [0.3, 0.4) is 0 Å². The number of amides is 1. The lowest BCUT2D eigenvalue weighted by Gasteiger charge is -2.21. The van der Waals surface area contributed by atoms with Crippen molar-refractivity contribution in [1.82, 2.24) is 5.32 Å². The van der Waals surface area contributed by atoms with Crippen molar-refractivity contribution in [2.75, 3.05) is 19.8 Å². The largest absolute Gasteiger partial charge is 0.485 e. The lowest BCUT2D eigenvalue weighted by molar-refractivity contribution is 0.0180. The van der Waals surface area contributed by atoms with E-state index in [0.29, 0.717) is 29.6 Å². The minimum atomic E-state index is -1.20. The predicted molar refractivity (Wildman–Crippen MR) is 90.9 cm³/mol. The average Bonchev–Trinajstić information content (AvgIpc) is 3.08. The Morgan fingerprint density at radius 1 is 1.24 bits per heavy atom. The van der Waals surface area contributed by atoms with Gasteiger partial charge in [-0.2, -0.15) is 0 Å². The number of ether oxygens (including phenoxy) is 3. The molecule has 134 valence electrons. The summed E-state index contributed by atoms with van der Waals surface area (Å²) in [5.74, 6) is 1.02. The fraction of sp³-hybridized carbons (Fsp3) is 0.353. The van der Waals surface area contributed by atoms with Gasteiger partial charge in [0, 0.05) is 11.9 Å². The van der Waals surface area contributed by atoms with E-state index >= 15 is 0 Å². The van der Waals surface area contributed by atoms with Crippen molar-refractivity contribution < 1.29 is 29.2 Å². The van der Waals surface area contributed by atoms with Crippen molar-refractivity contribution in [1.29, 1.82) is 0 Å². The molecule has 3 rings (SSSR count). The maximum Gasteiger partial charge on any atom is 0.407 e. The third kappa shape index (κ3) is 4.41. The molecule has 1 aliphatic rings. The van der Waals surface area contributed by atoms with Crippen LogP contribution in [0.2, 0.25) is 0 Å². The third-order valence-corrected chi connectivity index (χ3v) is 4.64. The van der Waals surface area contributed by atoms with Crippen molar-refractivity contribution in [3.8, 4) is 11.5 Å². The topological polar surface area (TPSA) is 97.3 Å². The molecule has 2 heterocycles. The van der Waals surface area contributed by atoms with Crippen molar-refractivity contribution in [2.45, 2.75) is 18.8 Å². The van der Waals surface area contributed by atoms with Gasteiger partial charge in [0.1, 0.15) is 32.0 Å². The molecular formula is C17H19NO6S. The molecule has 0 radical (unpaired) electrons. The summed E-state index contributed by atoms with van der Waals surface area (Å²) >= 11 is 1.24. The van der Waals surface area contributed by atoms with Gasteiger partial charge in [0.15, 0.2) is 11.5 Å². The molecule has 2 unspecified atom stereocenters. The van der Waals surface area contributed by atoms with Crippen LogP contribution < -0.4 is 14.8 Å². The highest BCUT2D eigenvalue weighted by Gasteiger charge is 2.28. The van der Waals surface area contributed by atoms with Gasteiger partial charge in [-0.25, -0.2) is 4.79 Å². The fourth-order valence-corrected chi connectivity index (χ4v) is 3.31. The van der Waals surface area contributed by atoms with E-state index in [1.807, 2.05) is 30.3 Å². The molecule has 0 saturated heterocycles. The summed E-state index contributed by atoms with van der Waals surface area (Å²) in [6.07, 6.45) is -3.05. The van der Waals surface area contributed by atoms with E-state index in [1.54, 1.807) is 5.38 Å². The number of hydrogen-bond donors (Lipinski definition) is 3. The summed E-state index contributed by atoms with van der Waals surface area (Å²) in [7, 11) is 0. The zero-order valence-corrected chi connectivity index (χ0v) is 14.2. The van der Waals surface area contributed by atoms with Crippen LogP contribution >= 0.6 is 11.3 Å². The highest BCUT2D eigenvalue weighted by molar-refractivity contribution is 7.10. The monoisotopic (exact) mass is 365 g/mol. The Morgan fingerprint density at radius 3 is 2.80 bits per heavy atom. The van der Waals surface area contributed by atoms with Crippen LogP contribution in [-0.2, 0) is 11.3 Å². The zero-order valence-electron chi connectivity index (χ0n) is 13.4. The van der Waals surface area contributed by atoms with E-state index in [0.717, 1.165) is 5.56 Å². The molecule has 0 spiro atoms. The number of aliphatic hydroxyl groups excluding tert-OH is 2. The Labute approximate surface area is 148 Å². The fourth-order valence-electron chi connectivity index (χ4n) is 2.34. The maximum atomic E-state index is 11.7. The van der Waals surface area contributed by atoms with Gasteiger partial charge in [-0.3, -0.25) is 0 Å². The Balaban J connectivity index is 1.47. The summed E-state index contributed by atoms with van der Waals surface area (Å²) in [6.45, 7) is 0.831. The van der Waals surface area contributed by atoms with Crippen LogP contribution in [0.1, 0.15) is 16.5 Å². The highest BCUT2D eigenvalue weighted by Crippen LogP contribution is 2.43. The van der Waals surface area contributed by atoms with E-state index in [-0.39, 0.29) is 13.2 Å². The molecule has 1 aromatic heterocycles. The van der Waals surface area contributed by atoms with E-state index in [2.05, 4.69) is 5.32 Å². The van der Waals surface area contributed by atoms with Gasteiger partial charge in [-0.15, -0.1) is 11.3 Å². The smallest absolute Gasteiger partial charge is 0.407 e. The molecular weight excluding hydrogens is 346 g/mol. The third-order valence-electron chi connectivity index (χ3n) is 3.63. The van der Waals surface area contributed by atoms with Crippen LogP contribution in [0.5, 0.6) is 11.5 Å². The number of benzene rings is 1. The quantitative estimate of drug-likeness (QED) is 0.723. The number of thiophene rings is 1. The number of rotatable bonds is 6. The number of carbonyl (C=O) groups is 1. The summed E-state index contributed by atoms with van der Waals surface area (Å²) in [5, 5.41) is 24.6. The number of nitrogens with one attached hydrogen (secondary N) is 1. The van der Waals surface area contributed by atoms with Crippen molar-refractivity contribution in [2.24, 2.45) is 0 Å². The second kappa shape index (κ2) is 8.19. The minimum Gasteiger partial charge on any atom is -0.485 e. The van der Waals surface area contributed by atoms with Gasteiger partial charge < -0.3 is 29.7 Å². The first-order valence-electron chi connectivity index (χ1n) is 7.83. The van der Waals surface area contributed by atoms with Crippen LogP contribution in [0.4, 0.5) is 4.79 Å². The van der Waals surface area contributed by atoms with E-state index in [9.17, 15) is 15.0 Å². The van der Waals surface area contributed by atoms with Crippen LogP contribution in [0.15, 0.2) is 35.7 Å². The molecule has 1 aliphatic heterocycles. The molecule has 25 heavy (non-hydrogen) atoms. The Bertz CT molecular complexity index is 704. The number of aliphatic hydroxyl groups is 2. The van der Waals surface area contributed by atoms with Crippen LogP contribution in [0, 0.1) is 0 Å². The molecule has 0 saturated carbocycles. The van der Waals surface area contributed by atoms with Gasteiger partial charge >= 0.3 is 6.09 Å². The normalized spacial score (nSPS) is 15.3. The number of alkyl carbamates (subject to hydrolysis) is 1. The van der Waals surface area contributed by atoms with Gasteiger partial charge in [-0.1, -0.05) is 30.3 Å². The summed E-state index contributed by atoms with van der Waals surface area (Å²) < 4.78 is 15.9. The molecule has 2 aromatic rings. The Hall–Kier alpha value is -2.29. The second-order valence-electron chi connectivity index (χ2n) is 5.45. The lowest BCUT2D eigenvalue weighted by Crippen LogP contribution is -2.35. The maximum absolute atomic E-state index is 11.7. The average molecular weight is 365 g/mol. The molecule has 7 nitrogen and oxygen atoms in total. The first-order chi connectivity index (χ1) is 12.1. The lowest BCUT2D eigenvalue weighted by atomic mass is 10.1. The standard InChI is InChI=1S/C17H19NO6S/c19-12(8-18-17(21)24-9-11-4-2-1-3-5-11)14(20)16-15-13(10-25-16)22-6-7-23-15/h1-5,10,12,14,19-20H,6-9H2,(H,18,21). The summed E-state index contributed by atoms with van der Waals surface area (Å²) in [4.78, 5) is 12.2. The zero-order chi connectivity index (χ0) is 17.6. The van der Waals surface area contributed by atoms with Gasteiger partial charge in [0.25, 0.3) is 0 Å². The Kier molecular flexibility index (Phi) is 5.75. The molecule has 1 aromatic carbocycles. The van der Waals surface area contributed by atoms with Crippen LogP contribution in [0.25, 0.3) is 0 Å².